The number of imide groups is 1. The number of carbonyl (C=O) groups excluding carboxylic acids is 2. The summed E-state index contributed by atoms with van der Waals surface area (Å²) in [6.45, 7) is 0. The molecule has 4 rings (SSSR count). The molecule has 2 bridgehead atoms. The number of amides is 2. The highest BCUT2D eigenvalue weighted by molar-refractivity contribution is 6.22. The second-order valence-corrected chi connectivity index (χ2v) is 6.06. The lowest BCUT2D eigenvalue weighted by Gasteiger charge is -2.18. The molecule has 1 heterocycles. The van der Waals surface area contributed by atoms with Crippen molar-refractivity contribution >= 4 is 17.5 Å². The number of carbonyl (C=O) groups is 2. The minimum atomic E-state index is -4.82. The molecule has 2 amide bonds. The molecule has 2 fully saturated rings. The van der Waals surface area contributed by atoms with Crippen LogP contribution >= 0.6 is 0 Å². The van der Waals surface area contributed by atoms with E-state index in [4.69, 9.17) is 0 Å². The quantitative estimate of drug-likeness (QED) is 0.621. The molecule has 3 aliphatic rings. The van der Waals surface area contributed by atoms with Crippen LogP contribution in [-0.2, 0) is 9.59 Å². The van der Waals surface area contributed by atoms with Crippen molar-refractivity contribution < 1.29 is 27.5 Å². The van der Waals surface area contributed by atoms with E-state index >= 15 is 0 Å². The SMILES string of the molecule is O=C1C2C3C=CC(C3)C2C(=O)N1c1cccc(OC(F)(F)F)c1. The Hall–Kier alpha value is -2.31. The van der Waals surface area contributed by atoms with Crippen LogP contribution in [0.25, 0.3) is 0 Å². The molecule has 1 aliphatic heterocycles. The van der Waals surface area contributed by atoms with E-state index in [0.717, 1.165) is 23.5 Å². The van der Waals surface area contributed by atoms with E-state index in [-0.39, 0.29) is 41.2 Å². The van der Waals surface area contributed by atoms with Gasteiger partial charge in [0.2, 0.25) is 11.8 Å². The van der Waals surface area contributed by atoms with Crippen molar-refractivity contribution in [3.05, 3.63) is 36.4 Å². The molecule has 1 aromatic rings. The van der Waals surface area contributed by atoms with Crippen LogP contribution in [0.3, 0.4) is 0 Å². The molecule has 120 valence electrons. The predicted octanol–water partition coefficient (Wildman–Crippen LogP) is 2.90. The number of allylic oxidation sites excluding steroid dienone is 2. The van der Waals surface area contributed by atoms with Gasteiger partial charge in [0.25, 0.3) is 0 Å². The smallest absolute Gasteiger partial charge is 0.406 e. The lowest BCUT2D eigenvalue weighted by atomic mass is 9.85. The first kappa shape index (κ1) is 14.3. The van der Waals surface area contributed by atoms with Crippen LogP contribution in [0.5, 0.6) is 5.75 Å². The summed E-state index contributed by atoms with van der Waals surface area (Å²) in [5.74, 6) is -1.77. The van der Waals surface area contributed by atoms with Crippen molar-refractivity contribution in [1.82, 2.24) is 0 Å². The molecular formula is C16H12F3NO3. The number of halogens is 3. The number of hydrogen-bond acceptors (Lipinski definition) is 3. The zero-order chi connectivity index (χ0) is 16.4. The van der Waals surface area contributed by atoms with Crippen LogP contribution < -0.4 is 9.64 Å². The Labute approximate surface area is 129 Å². The number of fused-ring (bicyclic) bond motifs is 5. The van der Waals surface area contributed by atoms with Crippen molar-refractivity contribution in [1.29, 1.82) is 0 Å². The Morgan fingerprint density at radius 3 is 2.22 bits per heavy atom. The minimum absolute atomic E-state index is 0.0565. The third-order valence-corrected chi connectivity index (χ3v) is 4.78. The van der Waals surface area contributed by atoms with Gasteiger partial charge in [0.15, 0.2) is 0 Å². The number of alkyl halides is 3. The second-order valence-electron chi connectivity index (χ2n) is 6.06. The largest absolute Gasteiger partial charge is 0.573 e. The monoisotopic (exact) mass is 323 g/mol. The summed E-state index contributed by atoms with van der Waals surface area (Å²) in [5, 5.41) is 0. The lowest BCUT2D eigenvalue weighted by Crippen LogP contribution is -2.32. The molecule has 1 aromatic carbocycles. The second kappa shape index (κ2) is 4.59. The van der Waals surface area contributed by atoms with Gasteiger partial charge in [0.05, 0.1) is 17.5 Å². The normalized spacial score (nSPS) is 31.9. The van der Waals surface area contributed by atoms with Gasteiger partial charge in [0.1, 0.15) is 5.75 Å². The maximum Gasteiger partial charge on any atom is 0.573 e. The Morgan fingerprint density at radius 1 is 1.04 bits per heavy atom. The Balaban J connectivity index is 1.66. The zero-order valence-electron chi connectivity index (χ0n) is 11.8. The number of benzene rings is 1. The van der Waals surface area contributed by atoms with E-state index < -0.39 is 12.1 Å². The summed E-state index contributed by atoms with van der Waals surface area (Å²) >= 11 is 0. The fourth-order valence-corrected chi connectivity index (χ4v) is 3.98. The number of hydrogen-bond donors (Lipinski definition) is 0. The third-order valence-electron chi connectivity index (χ3n) is 4.78. The van der Waals surface area contributed by atoms with Crippen molar-refractivity contribution in [2.75, 3.05) is 4.90 Å². The fourth-order valence-electron chi connectivity index (χ4n) is 3.98. The summed E-state index contributed by atoms with van der Waals surface area (Å²) in [6.07, 6.45) is -0.0948. The van der Waals surface area contributed by atoms with Gasteiger partial charge in [0, 0.05) is 6.07 Å². The Bertz CT molecular complexity index is 698. The van der Waals surface area contributed by atoms with Gasteiger partial charge >= 0.3 is 6.36 Å². The van der Waals surface area contributed by atoms with Crippen LogP contribution in [0.4, 0.5) is 18.9 Å². The van der Waals surface area contributed by atoms with Crippen LogP contribution in [-0.4, -0.2) is 18.2 Å². The first-order valence-corrected chi connectivity index (χ1v) is 7.27. The standard InChI is InChI=1S/C16H12F3NO3/c17-16(18,19)23-11-3-1-2-10(7-11)20-14(21)12-8-4-5-9(6-8)13(12)15(20)22/h1-5,7-9,12-13H,6H2. The number of anilines is 1. The number of ether oxygens (including phenoxy) is 1. The Morgan fingerprint density at radius 2 is 1.65 bits per heavy atom. The van der Waals surface area contributed by atoms with Gasteiger partial charge in [-0.15, -0.1) is 13.2 Å². The van der Waals surface area contributed by atoms with Crippen LogP contribution in [0, 0.1) is 23.7 Å². The van der Waals surface area contributed by atoms with Crippen molar-refractivity contribution in [3.63, 3.8) is 0 Å². The molecular weight excluding hydrogens is 311 g/mol. The highest BCUT2D eigenvalue weighted by atomic mass is 19.4. The first-order chi connectivity index (χ1) is 10.8. The van der Waals surface area contributed by atoms with Gasteiger partial charge in [-0.3, -0.25) is 9.59 Å². The molecule has 7 heteroatoms. The average Bonchev–Trinajstić information content (AvgIpc) is 3.11. The van der Waals surface area contributed by atoms with Crippen LogP contribution in [0.1, 0.15) is 6.42 Å². The van der Waals surface area contributed by atoms with Crippen molar-refractivity contribution in [3.8, 4) is 5.75 Å². The highest BCUT2D eigenvalue weighted by Crippen LogP contribution is 2.53. The first-order valence-electron chi connectivity index (χ1n) is 7.27. The molecule has 2 aliphatic carbocycles. The molecule has 0 aromatic heterocycles. The molecule has 4 unspecified atom stereocenters. The molecule has 1 saturated carbocycles. The molecule has 0 N–H and O–H groups in total. The fraction of sp³-hybridized carbons (Fsp3) is 0.375. The van der Waals surface area contributed by atoms with Gasteiger partial charge in [-0.1, -0.05) is 18.2 Å². The number of rotatable bonds is 2. The van der Waals surface area contributed by atoms with E-state index in [1.165, 1.54) is 12.1 Å². The topological polar surface area (TPSA) is 46.6 Å². The van der Waals surface area contributed by atoms with E-state index in [1.54, 1.807) is 0 Å². The van der Waals surface area contributed by atoms with E-state index in [0.29, 0.717) is 0 Å². The molecule has 4 nitrogen and oxygen atoms in total. The number of nitrogens with zero attached hydrogens (tertiary/aromatic N) is 1. The minimum Gasteiger partial charge on any atom is -0.406 e. The van der Waals surface area contributed by atoms with Gasteiger partial charge < -0.3 is 4.74 Å². The summed E-state index contributed by atoms with van der Waals surface area (Å²) in [7, 11) is 0. The van der Waals surface area contributed by atoms with Crippen LogP contribution in [0.2, 0.25) is 0 Å². The van der Waals surface area contributed by atoms with E-state index in [1.807, 2.05) is 12.2 Å². The molecule has 23 heavy (non-hydrogen) atoms. The van der Waals surface area contributed by atoms with Gasteiger partial charge in [-0.2, -0.15) is 0 Å². The summed E-state index contributed by atoms with van der Waals surface area (Å²) in [6, 6.07) is 4.97. The summed E-state index contributed by atoms with van der Waals surface area (Å²) in [5.41, 5.74) is 0.121. The lowest BCUT2D eigenvalue weighted by molar-refractivity contribution is -0.274. The van der Waals surface area contributed by atoms with Crippen molar-refractivity contribution in [2.24, 2.45) is 23.7 Å². The van der Waals surface area contributed by atoms with E-state index in [9.17, 15) is 22.8 Å². The molecule has 0 radical (unpaired) electrons. The Kier molecular flexibility index (Phi) is 2.86. The molecule has 0 spiro atoms. The van der Waals surface area contributed by atoms with E-state index in [2.05, 4.69) is 4.74 Å². The zero-order valence-corrected chi connectivity index (χ0v) is 11.8. The highest BCUT2D eigenvalue weighted by Gasteiger charge is 2.59. The van der Waals surface area contributed by atoms with Crippen LogP contribution in [0.15, 0.2) is 36.4 Å². The molecule has 4 atom stereocenters. The third kappa shape index (κ3) is 2.14. The maximum atomic E-state index is 12.6. The predicted molar refractivity (Wildman–Crippen MR) is 73.3 cm³/mol. The summed E-state index contributed by atoms with van der Waals surface area (Å²) < 4.78 is 40.8. The van der Waals surface area contributed by atoms with Crippen molar-refractivity contribution in [2.45, 2.75) is 12.8 Å². The van der Waals surface area contributed by atoms with Gasteiger partial charge in [-0.25, -0.2) is 4.90 Å². The molecule has 1 saturated heterocycles. The van der Waals surface area contributed by atoms with Gasteiger partial charge in [-0.05, 0) is 30.4 Å². The summed E-state index contributed by atoms with van der Waals surface area (Å²) in [4.78, 5) is 26.2. The maximum absolute atomic E-state index is 12.6. The average molecular weight is 323 g/mol.